The largest absolute Gasteiger partial charge is 0.489 e. The number of amides is 1. The van der Waals surface area contributed by atoms with Crippen molar-refractivity contribution in [3.8, 4) is 5.75 Å². The van der Waals surface area contributed by atoms with Gasteiger partial charge >= 0.3 is 0 Å². The van der Waals surface area contributed by atoms with Crippen LogP contribution < -0.4 is 10.2 Å². The summed E-state index contributed by atoms with van der Waals surface area (Å²) in [5, 5.41) is 4.02. The summed E-state index contributed by atoms with van der Waals surface area (Å²) in [6.07, 6.45) is 1.62. The van der Waals surface area contributed by atoms with Crippen molar-refractivity contribution in [2.24, 2.45) is 5.10 Å². The minimum Gasteiger partial charge on any atom is -0.489 e. The minimum atomic E-state index is -0.121. The van der Waals surface area contributed by atoms with E-state index < -0.39 is 0 Å². The molecule has 4 nitrogen and oxygen atoms in total. The maximum atomic E-state index is 11.9. The maximum Gasteiger partial charge on any atom is 0.250 e. The van der Waals surface area contributed by atoms with Gasteiger partial charge in [-0.05, 0) is 53.1 Å². The molecule has 0 aliphatic rings. The zero-order valence-corrected chi connectivity index (χ0v) is 18.2. The standard InChI is InChI=1S/C23H21BrN2O2S/c24-21-8-4-7-20(13-21)16-29-17-23(27)26-25-14-18-9-11-22(12-10-18)28-15-19-5-2-1-3-6-19/h1-14H,15-17H2,(H,26,27)/b25-14-. The van der Waals surface area contributed by atoms with Gasteiger partial charge in [-0.15, -0.1) is 11.8 Å². The number of hydrogen-bond acceptors (Lipinski definition) is 4. The second-order valence-electron chi connectivity index (χ2n) is 6.26. The minimum absolute atomic E-state index is 0.121. The van der Waals surface area contributed by atoms with Crippen molar-refractivity contribution in [1.82, 2.24) is 5.43 Å². The molecule has 1 N–H and O–H groups in total. The number of carbonyl (C=O) groups excluding carboxylic acids is 1. The van der Waals surface area contributed by atoms with Crippen LogP contribution in [0.5, 0.6) is 5.75 Å². The van der Waals surface area contributed by atoms with Crippen LogP contribution in [0.25, 0.3) is 0 Å². The molecule has 3 aromatic rings. The van der Waals surface area contributed by atoms with Crippen LogP contribution in [0, 0.1) is 0 Å². The quantitative estimate of drug-likeness (QED) is 0.337. The van der Waals surface area contributed by atoms with Gasteiger partial charge < -0.3 is 4.74 Å². The van der Waals surface area contributed by atoms with Gasteiger partial charge in [0.25, 0.3) is 0 Å². The van der Waals surface area contributed by atoms with Gasteiger partial charge in [-0.3, -0.25) is 4.79 Å². The normalized spacial score (nSPS) is 10.8. The van der Waals surface area contributed by atoms with Gasteiger partial charge in [0.05, 0.1) is 12.0 Å². The Bertz CT molecular complexity index is 947. The molecule has 0 aliphatic heterocycles. The summed E-state index contributed by atoms with van der Waals surface area (Å²) in [4.78, 5) is 11.9. The lowest BCUT2D eigenvalue weighted by molar-refractivity contribution is -0.118. The average Bonchev–Trinajstić information content (AvgIpc) is 2.74. The SMILES string of the molecule is O=C(CSCc1cccc(Br)c1)N/N=C\c1ccc(OCc2ccccc2)cc1. The Labute approximate surface area is 183 Å². The van der Waals surface area contributed by atoms with Crippen LogP contribution in [0.4, 0.5) is 0 Å². The van der Waals surface area contributed by atoms with E-state index in [0.29, 0.717) is 12.4 Å². The molecule has 0 saturated carbocycles. The molecule has 0 spiro atoms. The van der Waals surface area contributed by atoms with Crippen molar-refractivity contribution in [2.75, 3.05) is 5.75 Å². The van der Waals surface area contributed by atoms with Gasteiger partial charge in [0.15, 0.2) is 0 Å². The van der Waals surface area contributed by atoms with Gasteiger partial charge in [-0.1, -0.05) is 58.4 Å². The van der Waals surface area contributed by atoms with E-state index in [9.17, 15) is 4.79 Å². The molecule has 0 fully saturated rings. The summed E-state index contributed by atoms with van der Waals surface area (Å²) >= 11 is 5.00. The summed E-state index contributed by atoms with van der Waals surface area (Å²) in [6, 6.07) is 25.7. The number of benzene rings is 3. The number of hydrogen-bond donors (Lipinski definition) is 1. The van der Waals surface area contributed by atoms with Crippen molar-refractivity contribution in [2.45, 2.75) is 12.4 Å². The van der Waals surface area contributed by atoms with Crippen molar-refractivity contribution in [3.63, 3.8) is 0 Å². The zero-order valence-electron chi connectivity index (χ0n) is 15.8. The summed E-state index contributed by atoms with van der Waals surface area (Å²) < 4.78 is 6.80. The van der Waals surface area contributed by atoms with Crippen LogP contribution in [0.3, 0.4) is 0 Å². The van der Waals surface area contributed by atoms with E-state index in [1.165, 1.54) is 5.56 Å². The molecule has 6 heteroatoms. The molecular weight excluding hydrogens is 448 g/mol. The fourth-order valence-electron chi connectivity index (χ4n) is 2.49. The zero-order chi connectivity index (χ0) is 20.3. The fraction of sp³-hybridized carbons (Fsp3) is 0.130. The molecule has 1 amide bonds. The van der Waals surface area contributed by atoms with E-state index in [-0.39, 0.29) is 5.91 Å². The lowest BCUT2D eigenvalue weighted by Gasteiger charge is -2.06. The van der Waals surface area contributed by atoms with Crippen LogP contribution in [0.1, 0.15) is 16.7 Å². The Hall–Kier alpha value is -2.57. The van der Waals surface area contributed by atoms with E-state index in [1.807, 2.05) is 72.8 Å². The molecular formula is C23H21BrN2O2S. The molecule has 0 aliphatic carbocycles. The number of thioether (sulfide) groups is 1. The fourth-order valence-corrected chi connectivity index (χ4v) is 3.70. The number of halogens is 1. The van der Waals surface area contributed by atoms with Gasteiger partial charge in [0.2, 0.25) is 5.91 Å². The highest BCUT2D eigenvalue weighted by atomic mass is 79.9. The smallest absolute Gasteiger partial charge is 0.250 e. The maximum absolute atomic E-state index is 11.9. The van der Waals surface area contributed by atoms with Crippen LogP contribution in [0.2, 0.25) is 0 Å². The predicted octanol–water partition coefficient (Wildman–Crippen LogP) is 5.41. The molecule has 3 aromatic carbocycles. The molecule has 29 heavy (non-hydrogen) atoms. The summed E-state index contributed by atoms with van der Waals surface area (Å²) in [5.41, 5.74) is 5.75. The third-order valence-corrected chi connectivity index (χ3v) is 5.42. The highest BCUT2D eigenvalue weighted by molar-refractivity contribution is 9.10. The average molecular weight is 469 g/mol. The number of rotatable bonds is 9. The van der Waals surface area contributed by atoms with E-state index >= 15 is 0 Å². The first-order valence-corrected chi connectivity index (χ1v) is 11.0. The monoisotopic (exact) mass is 468 g/mol. The van der Waals surface area contributed by atoms with Crippen LogP contribution in [-0.4, -0.2) is 17.9 Å². The van der Waals surface area contributed by atoms with E-state index in [4.69, 9.17) is 4.74 Å². The van der Waals surface area contributed by atoms with Crippen molar-refractivity contribution >= 4 is 39.8 Å². The molecule has 0 unspecified atom stereocenters. The van der Waals surface area contributed by atoms with Crippen LogP contribution in [0.15, 0.2) is 88.4 Å². The Morgan fingerprint density at radius 2 is 1.76 bits per heavy atom. The van der Waals surface area contributed by atoms with Crippen molar-refractivity contribution < 1.29 is 9.53 Å². The number of carbonyl (C=O) groups is 1. The summed E-state index contributed by atoms with van der Waals surface area (Å²) in [7, 11) is 0. The van der Waals surface area contributed by atoms with Gasteiger partial charge in [0.1, 0.15) is 12.4 Å². The molecule has 148 valence electrons. The van der Waals surface area contributed by atoms with Crippen molar-refractivity contribution in [3.05, 3.63) is 100 Å². The topological polar surface area (TPSA) is 50.7 Å². The number of hydrazone groups is 1. The Morgan fingerprint density at radius 3 is 2.52 bits per heavy atom. The van der Waals surface area contributed by atoms with Crippen LogP contribution >= 0.6 is 27.7 Å². The lowest BCUT2D eigenvalue weighted by Crippen LogP contribution is -2.19. The predicted molar refractivity (Wildman–Crippen MR) is 123 cm³/mol. The number of ether oxygens (including phenoxy) is 1. The van der Waals surface area contributed by atoms with Gasteiger partial charge in [0, 0.05) is 10.2 Å². The third-order valence-electron chi connectivity index (χ3n) is 3.92. The molecule has 0 aromatic heterocycles. The number of nitrogens with one attached hydrogen (secondary N) is 1. The molecule has 0 heterocycles. The second-order valence-corrected chi connectivity index (χ2v) is 8.16. The first-order chi connectivity index (χ1) is 14.2. The second kappa shape index (κ2) is 11.4. The van der Waals surface area contributed by atoms with Crippen LogP contribution in [-0.2, 0) is 17.2 Å². The third kappa shape index (κ3) is 7.75. The first-order valence-electron chi connectivity index (χ1n) is 9.10. The molecule has 0 radical (unpaired) electrons. The number of nitrogens with zero attached hydrogens (tertiary/aromatic N) is 1. The Balaban J connectivity index is 1.37. The summed E-state index contributed by atoms with van der Waals surface area (Å²) in [6.45, 7) is 0.530. The molecule has 0 saturated heterocycles. The molecule has 0 bridgehead atoms. The van der Waals surface area contributed by atoms with E-state index in [2.05, 4.69) is 32.5 Å². The molecule has 3 rings (SSSR count). The van der Waals surface area contributed by atoms with Gasteiger partial charge in [-0.25, -0.2) is 5.43 Å². The van der Waals surface area contributed by atoms with E-state index in [1.54, 1.807) is 18.0 Å². The summed E-state index contributed by atoms with van der Waals surface area (Å²) in [5.74, 6) is 1.81. The highest BCUT2D eigenvalue weighted by Gasteiger charge is 2.01. The molecule has 0 atom stereocenters. The first kappa shape index (κ1) is 21.1. The highest BCUT2D eigenvalue weighted by Crippen LogP contribution is 2.17. The lowest BCUT2D eigenvalue weighted by atomic mass is 10.2. The Kier molecular flexibility index (Phi) is 8.34. The van der Waals surface area contributed by atoms with Crippen molar-refractivity contribution in [1.29, 1.82) is 0 Å². The van der Waals surface area contributed by atoms with Gasteiger partial charge in [-0.2, -0.15) is 5.10 Å². The Morgan fingerprint density at radius 1 is 1.00 bits per heavy atom. The van der Waals surface area contributed by atoms with E-state index in [0.717, 1.165) is 27.1 Å².